The summed E-state index contributed by atoms with van der Waals surface area (Å²) in [6.07, 6.45) is -3.00. The summed E-state index contributed by atoms with van der Waals surface area (Å²) in [7, 11) is 0. The van der Waals surface area contributed by atoms with E-state index in [1.54, 1.807) is 11.0 Å². The Morgan fingerprint density at radius 2 is 2.04 bits per heavy atom. The molecule has 0 saturated carbocycles. The van der Waals surface area contributed by atoms with Crippen molar-refractivity contribution in [2.45, 2.75) is 45.8 Å². The molecule has 24 heavy (non-hydrogen) atoms. The van der Waals surface area contributed by atoms with Crippen LogP contribution in [0, 0.1) is 12.8 Å². The van der Waals surface area contributed by atoms with E-state index in [9.17, 15) is 18.0 Å². The van der Waals surface area contributed by atoms with Crippen LogP contribution in [0.25, 0.3) is 5.65 Å². The first-order chi connectivity index (χ1) is 11.2. The molecule has 1 aliphatic heterocycles. The van der Waals surface area contributed by atoms with Crippen molar-refractivity contribution in [1.29, 1.82) is 0 Å². The van der Waals surface area contributed by atoms with Crippen LogP contribution in [0.4, 0.5) is 13.2 Å². The lowest BCUT2D eigenvalue weighted by atomic mass is 10.1. The predicted molar refractivity (Wildman–Crippen MR) is 81.3 cm³/mol. The second kappa shape index (κ2) is 5.75. The van der Waals surface area contributed by atoms with Crippen molar-refractivity contribution >= 4 is 11.6 Å². The molecule has 0 radical (unpaired) electrons. The van der Waals surface area contributed by atoms with Gasteiger partial charge in [-0.05, 0) is 25.8 Å². The molecule has 8 heteroatoms. The summed E-state index contributed by atoms with van der Waals surface area (Å²) < 4.78 is 40.6. The van der Waals surface area contributed by atoms with Gasteiger partial charge in [-0.2, -0.15) is 18.3 Å². The lowest BCUT2D eigenvalue weighted by Gasteiger charge is -2.25. The molecule has 1 saturated heterocycles. The number of rotatable bonds is 2. The number of aryl methyl sites for hydroxylation is 1. The Balaban J connectivity index is 2.07. The van der Waals surface area contributed by atoms with Crippen molar-refractivity contribution in [2.75, 3.05) is 6.54 Å². The van der Waals surface area contributed by atoms with Crippen LogP contribution >= 0.6 is 0 Å². The zero-order chi connectivity index (χ0) is 17.6. The third-order valence-corrected chi connectivity index (χ3v) is 4.24. The number of nitrogens with zero attached hydrogens (tertiary/aromatic N) is 4. The van der Waals surface area contributed by atoms with E-state index in [0.29, 0.717) is 18.7 Å². The average Bonchev–Trinajstić information content (AvgIpc) is 3.09. The summed E-state index contributed by atoms with van der Waals surface area (Å²) in [6, 6.07) is 2.25. The smallest absolute Gasteiger partial charge is 0.334 e. The standard InChI is InChI=1S/C16H19F3N4O/c1-9(2)15(24)22-6-4-5-12(22)11-8-14-20-10(3)7-13(16(17,18)19)23(14)21-11/h7-9,12H,4-6H2,1-3H3. The number of amides is 1. The number of hydrogen-bond donors (Lipinski definition) is 0. The molecular weight excluding hydrogens is 321 g/mol. The van der Waals surface area contributed by atoms with E-state index < -0.39 is 11.9 Å². The van der Waals surface area contributed by atoms with Gasteiger partial charge in [0, 0.05) is 24.2 Å². The summed E-state index contributed by atoms with van der Waals surface area (Å²) in [5, 5.41) is 4.13. The highest BCUT2D eigenvalue weighted by atomic mass is 19.4. The molecule has 2 aromatic rings. The maximum Gasteiger partial charge on any atom is 0.433 e. The van der Waals surface area contributed by atoms with Gasteiger partial charge in [0.05, 0.1) is 11.7 Å². The molecule has 3 rings (SSSR count). The van der Waals surface area contributed by atoms with Crippen molar-refractivity contribution in [2.24, 2.45) is 5.92 Å². The van der Waals surface area contributed by atoms with Gasteiger partial charge in [-0.3, -0.25) is 4.79 Å². The summed E-state index contributed by atoms with van der Waals surface area (Å²) in [5.74, 6) is -0.163. The number of aromatic nitrogens is 3. The average molecular weight is 340 g/mol. The number of likely N-dealkylation sites (tertiary alicyclic amines) is 1. The first-order valence-electron chi connectivity index (χ1n) is 7.93. The Labute approximate surface area is 137 Å². The van der Waals surface area contributed by atoms with Crippen molar-refractivity contribution < 1.29 is 18.0 Å². The van der Waals surface area contributed by atoms with E-state index in [1.807, 2.05) is 13.8 Å². The van der Waals surface area contributed by atoms with Gasteiger partial charge in [-0.25, -0.2) is 9.50 Å². The van der Waals surface area contributed by atoms with Gasteiger partial charge in [-0.15, -0.1) is 0 Å². The fourth-order valence-electron chi connectivity index (χ4n) is 3.15. The molecule has 3 heterocycles. The molecule has 0 spiro atoms. The normalized spacial score (nSPS) is 18.8. The van der Waals surface area contributed by atoms with E-state index >= 15 is 0 Å². The van der Waals surface area contributed by atoms with Crippen LogP contribution in [0.2, 0.25) is 0 Å². The minimum absolute atomic E-state index is 0.00487. The fourth-order valence-corrected chi connectivity index (χ4v) is 3.15. The second-order valence-electron chi connectivity index (χ2n) is 6.46. The van der Waals surface area contributed by atoms with Gasteiger partial charge in [0.15, 0.2) is 5.65 Å². The van der Waals surface area contributed by atoms with Crippen molar-refractivity contribution in [3.63, 3.8) is 0 Å². The van der Waals surface area contributed by atoms with E-state index in [0.717, 1.165) is 17.0 Å². The van der Waals surface area contributed by atoms with Crippen LogP contribution in [0.15, 0.2) is 12.1 Å². The molecule has 0 aromatic carbocycles. The fraction of sp³-hybridized carbons (Fsp3) is 0.562. The van der Waals surface area contributed by atoms with E-state index in [4.69, 9.17) is 0 Å². The molecule has 2 aromatic heterocycles. The van der Waals surface area contributed by atoms with E-state index in [-0.39, 0.29) is 29.2 Å². The van der Waals surface area contributed by atoms with Gasteiger partial charge < -0.3 is 4.90 Å². The molecule has 1 aliphatic rings. The maximum atomic E-state index is 13.2. The second-order valence-corrected chi connectivity index (χ2v) is 6.46. The lowest BCUT2D eigenvalue weighted by Crippen LogP contribution is -2.33. The molecule has 0 aliphatic carbocycles. The lowest BCUT2D eigenvalue weighted by molar-refractivity contribution is -0.143. The zero-order valence-electron chi connectivity index (χ0n) is 13.8. The molecule has 1 amide bonds. The summed E-state index contributed by atoms with van der Waals surface area (Å²) in [5.41, 5.74) is 0.0464. The molecule has 1 fully saturated rings. The minimum Gasteiger partial charge on any atom is -0.334 e. The van der Waals surface area contributed by atoms with Gasteiger partial charge >= 0.3 is 6.18 Å². The highest BCUT2D eigenvalue weighted by molar-refractivity contribution is 5.78. The Morgan fingerprint density at radius 3 is 2.67 bits per heavy atom. The number of halogens is 3. The van der Waals surface area contributed by atoms with Gasteiger partial charge in [0.1, 0.15) is 5.69 Å². The van der Waals surface area contributed by atoms with Gasteiger partial charge in [0.25, 0.3) is 0 Å². The predicted octanol–water partition coefficient (Wildman–Crippen LogP) is 3.38. The number of alkyl halides is 3. The van der Waals surface area contributed by atoms with Gasteiger partial charge in [-0.1, -0.05) is 13.8 Å². The first-order valence-corrected chi connectivity index (χ1v) is 7.93. The minimum atomic E-state index is -4.52. The van der Waals surface area contributed by atoms with Crippen molar-refractivity contribution in [3.05, 3.63) is 29.2 Å². The highest BCUT2D eigenvalue weighted by Gasteiger charge is 2.37. The number of carbonyl (C=O) groups excluding carboxylic acids is 1. The Kier molecular flexibility index (Phi) is 4.01. The largest absolute Gasteiger partial charge is 0.433 e. The number of carbonyl (C=O) groups is 1. The van der Waals surface area contributed by atoms with Gasteiger partial charge in [0.2, 0.25) is 5.91 Å². The summed E-state index contributed by atoms with van der Waals surface area (Å²) >= 11 is 0. The Bertz CT molecular complexity index is 781. The topological polar surface area (TPSA) is 50.5 Å². The Hall–Kier alpha value is -2.12. The highest BCUT2D eigenvalue weighted by Crippen LogP contribution is 2.34. The molecule has 1 unspecified atom stereocenters. The van der Waals surface area contributed by atoms with Crippen LogP contribution in [0.5, 0.6) is 0 Å². The number of fused-ring (bicyclic) bond motifs is 1. The SMILES string of the molecule is Cc1cc(C(F)(F)F)n2nc(C3CCCN3C(=O)C(C)C)cc2n1. The maximum absolute atomic E-state index is 13.2. The quantitative estimate of drug-likeness (QED) is 0.842. The number of hydrogen-bond acceptors (Lipinski definition) is 3. The zero-order valence-corrected chi connectivity index (χ0v) is 13.8. The molecule has 130 valence electrons. The first kappa shape index (κ1) is 16.7. The molecular formula is C16H19F3N4O. The van der Waals surface area contributed by atoms with Crippen LogP contribution in [0.3, 0.4) is 0 Å². The third kappa shape index (κ3) is 2.85. The van der Waals surface area contributed by atoms with Crippen LogP contribution in [-0.4, -0.2) is 31.9 Å². The molecule has 1 atom stereocenters. The molecule has 5 nitrogen and oxygen atoms in total. The molecule has 0 bridgehead atoms. The third-order valence-electron chi connectivity index (χ3n) is 4.24. The van der Waals surface area contributed by atoms with Crippen LogP contribution < -0.4 is 0 Å². The Morgan fingerprint density at radius 1 is 1.33 bits per heavy atom. The van der Waals surface area contributed by atoms with Crippen LogP contribution in [0.1, 0.15) is 49.8 Å². The van der Waals surface area contributed by atoms with Crippen LogP contribution in [-0.2, 0) is 11.0 Å². The van der Waals surface area contributed by atoms with Crippen molar-refractivity contribution in [1.82, 2.24) is 19.5 Å². The summed E-state index contributed by atoms with van der Waals surface area (Å²) in [4.78, 5) is 18.2. The monoisotopic (exact) mass is 340 g/mol. The van der Waals surface area contributed by atoms with Crippen molar-refractivity contribution in [3.8, 4) is 0 Å². The summed E-state index contributed by atoms with van der Waals surface area (Å²) in [6.45, 7) is 5.75. The van der Waals surface area contributed by atoms with E-state index in [1.165, 1.54) is 6.92 Å². The molecule has 0 N–H and O–H groups in total. The van der Waals surface area contributed by atoms with E-state index in [2.05, 4.69) is 10.1 Å².